The van der Waals surface area contributed by atoms with Gasteiger partial charge >= 0.3 is 0 Å². The average molecular weight is 414 g/mol. The maximum atomic E-state index is 12.3. The van der Waals surface area contributed by atoms with E-state index in [9.17, 15) is 9.59 Å². The van der Waals surface area contributed by atoms with Gasteiger partial charge in [-0.1, -0.05) is 30.4 Å². The fourth-order valence-electron chi connectivity index (χ4n) is 2.77. The first-order chi connectivity index (χ1) is 13.6. The molecule has 0 aliphatic rings. The molecule has 2 amide bonds. The second-order valence-corrected chi connectivity index (χ2v) is 8.31. The highest BCUT2D eigenvalue weighted by atomic mass is 32.2. The quantitative estimate of drug-likeness (QED) is 0.490. The Hall–Kier alpha value is -2.38. The van der Waals surface area contributed by atoms with Gasteiger partial charge in [0, 0.05) is 23.4 Å². The van der Waals surface area contributed by atoms with Crippen LogP contribution in [0.1, 0.15) is 31.7 Å². The van der Waals surface area contributed by atoms with E-state index in [1.165, 1.54) is 11.3 Å². The van der Waals surface area contributed by atoms with Crippen molar-refractivity contribution in [1.29, 1.82) is 0 Å². The van der Waals surface area contributed by atoms with Crippen molar-refractivity contribution in [2.45, 2.75) is 37.5 Å². The zero-order valence-electron chi connectivity index (χ0n) is 16.0. The molecule has 0 bridgehead atoms. The summed E-state index contributed by atoms with van der Waals surface area (Å²) >= 11 is 3.11. The molecule has 28 heavy (non-hydrogen) atoms. The molecule has 5 nitrogen and oxygen atoms in total. The first-order valence-corrected chi connectivity index (χ1v) is 11.2. The molecule has 3 aromatic rings. The van der Waals surface area contributed by atoms with E-state index >= 15 is 0 Å². The molecule has 0 spiro atoms. The van der Waals surface area contributed by atoms with Crippen molar-refractivity contribution < 1.29 is 9.59 Å². The summed E-state index contributed by atoms with van der Waals surface area (Å²) in [4.78, 5) is 29.6. The van der Waals surface area contributed by atoms with E-state index in [2.05, 4.69) is 15.6 Å². The third-order valence-corrected chi connectivity index (χ3v) is 5.83. The Morgan fingerprint density at radius 2 is 1.89 bits per heavy atom. The van der Waals surface area contributed by atoms with Crippen LogP contribution in [-0.4, -0.2) is 23.1 Å². The SMILES string of the molecule is CCCC(=O)Nc1nc2ccc(CCC(=O)Nc3cccc(SC)c3)cc2s1. The number of amides is 2. The number of rotatable bonds is 8. The van der Waals surface area contributed by atoms with E-state index in [-0.39, 0.29) is 11.8 Å². The average Bonchev–Trinajstić information content (AvgIpc) is 3.08. The van der Waals surface area contributed by atoms with Gasteiger partial charge in [0.15, 0.2) is 5.13 Å². The maximum Gasteiger partial charge on any atom is 0.226 e. The summed E-state index contributed by atoms with van der Waals surface area (Å²) in [5.74, 6) is -0.0147. The molecule has 3 rings (SSSR count). The molecule has 0 radical (unpaired) electrons. The highest BCUT2D eigenvalue weighted by Crippen LogP contribution is 2.27. The second kappa shape index (κ2) is 9.71. The monoisotopic (exact) mass is 413 g/mol. The molecule has 0 aliphatic carbocycles. The number of aryl methyl sites for hydroxylation is 1. The Morgan fingerprint density at radius 1 is 1.07 bits per heavy atom. The van der Waals surface area contributed by atoms with E-state index in [0.29, 0.717) is 24.4 Å². The van der Waals surface area contributed by atoms with Crippen LogP contribution in [0.15, 0.2) is 47.4 Å². The summed E-state index contributed by atoms with van der Waals surface area (Å²) in [6, 6.07) is 13.8. The molecule has 1 heterocycles. The van der Waals surface area contributed by atoms with Gasteiger partial charge in [-0.15, -0.1) is 11.8 Å². The number of nitrogens with zero attached hydrogens (tertiary/aromatic N) is 1. The molecule has 7 heteroatoms. The molecule has 0 saturated carbocycles. The number of nitrogens with one attached hydrogen (secondary N) is 2. The van der Waals surface area contributed by atoms with Crippen LogP contribution >= 0.6 is 23.1 Å². The second-order valence-electron chi connectivity index (χ2n) is 6.40. The minimum Gasteiger partial charge on any atom is -0.326 e. The summed E-state index contributed by atoms with van der Waals surface area (Å²) in [6.07, 6.45) is 4.38. The molecule has 0 unspecified atom stereocenters. The van der Waals surface area contributed by atoms with Gasteiger partial charge < -0.3 is 10.6 Å². The predicted octanol–water partition coefficient (Wildman–Crippen LogP) is 5.33. The Morgan fingerprint density at radius 3 is 2.68 bits per heavy atom. The Bertz CT molecular complexity index is 985. The van der Waals surface area contributed by atoms with Crippen molar-refractivity contribution in [3.05, 3.63) is 48.0 Å². The van der Waals surface area contributed by atoms with Gasteiger partial charge in [-0.2, -0.15) is 0 Å². The molecule has 1 aromatic heterocycles. The lowest BCUT2D eigenvalue weighted by molar-refractivity contribution is -0.117. The number of fused-ring (bicyclic) bond motifs is 1. The first-order valence-electron chi connectivity index (χ1n) is 9.20. The normalized spacial score (nSPS) is 10.8. The third kappa shape index (κ3) is 5.56. The van der Waals surface area contributed by atoms with Gasteiger partial charge in [-0.25, -0.2) is 4.98 Å². The molecular weight excluding hydrogens is 390 g/mol. The molecule has 0 saturated heterocycles. The zero-order valence-corrected chi connectivity index (χ0v) is 17.6. The third-order valence-electron chi connectivity index (χ3n) is 4.17. The smallest absolute Gasteiger partial charge is 0.226 e. The molecule has 0 atom stereocenters. The van der Waals surface area contributed by atoms with Crippen LogP contribution in [0, 0.1) is 0 Å². The number of benzene rings is 2. The van der Waals surface area contributed by atoms with E-state index in [1.54, 1.807) is 11.8 Å². The highest BCUT2D eigenvalue weighted by Gasteiger charge is 2.09. The minimum absolute atomic E-state index is 0.00447. The predicted molar refractivity (Wildman–Crippen MR) is 118 cm³/mol. The van der Waals surface area contributed by atoms with Crippen LogP contribution in [0.5, 0.6) is 0 Å². The van der Waals surface area contributed by atoms with Gasteiger partial charge in [-0.3, -0.25) is 9.59 Å². The Balaban J connectivity index is 1.59. The van der Waals surface area contributed by atoms with Gasteiger partial charge in [0.05, 0.1) is 10.2 Å². The number of anilines is 2. The summed E-state index contributed by atoms with van der Waals surface area (Å²) < 4.78 is 1.01. The summed E-state index contributed by atoms with van der Waals surface area (Å²) in [5.41, 5.74) is 2.76. The molecule has 146 valence electrons. The number of carbonyl (C=O) groups excluding carboxylic acids is 2. The Labute approximate surface area is 172 Å². The topological polar surface area (TPSA) is 71.1 Å². The van der Waals surface area contributed by atoms with Gasteiger partial charge in [0.2, 0.25) is 11.8 Å². The van der Waals surface area contributed by atoms with Crippen LogP contribution < -0.4 is 10.6 Å². The fourth-order valence-corrected chi connectivity index (χ4v) is 4.17. The van der Waals surface area contributed by atoms with Gasteiger partial charge in [0.25, 0.3) is 0 Å². The van der Waals surface area contributed by atoms with Crippen LogP contribution in [0.2, 0.25) is 0 Å². The lowest BCUT2D eigenvalue weighted by atomic mass is 10.1. The summed E-state index contributed by atoms with van der Waals surface area (Å²) in [7, 11) is 0. The van der Waals surface area contributed by atoms with E-state index < -0.39 is 0 Å². The number of carbonyl (C=O) groups is 2. The number of hydrogen-bond donors (Lipinski definition) is 2. The fraction of sp³-hybridized carbons (Fsp3) is 0.286. The van der Waals surface area contributed by atoms with Crippen LogP contribution in [0.4, 0.5) is 10.8 Å². The van der Waals surface area contributed by atoms with Crippen molar-refractivity contribution in [3.63, 3.8) is 0 Å². The Kier molecular flexibility index (Phi) is 7.06. The lowest BCUT2D eigenvalue weighted by Crippen LogP contribution is -2.12. The van der Waals surface area contributed by atoms with Crippen LogP contribution in [0.25, 0.3) is 10.2 Å². The van der Waals surface area contributed by atoms with Crippen molar-refractivity contribution in [2.24, 2.45) is 0 Å². The standard InChI is InChI=1S/C21H23N3O2S2/c1-3-5-19(25)24-21-23-17-10-8-14(12-18(17)28-21)9-11-20(26)22-15-6-4-7-16(13-15)27-2/h4,6-8,10,12-13H,3,5,9,11H2,1-2H3,(H,22,26)(H,23,24,25). The van der Waals surface area contributed by atoms with Crippen molar-refractivity contribution in [3.8, 4) is 0 Å². The number of aromatic nitrogens is 1. The minimum atomic E-state index is -0.0102. The van der Waals surface area contributed by atoms with E-state index in [1.807, 2.05) is 55.6 Å². The molecule has 2 N–H and O–H groups in total. The van der Waals surface area contributed by atoms with E-state index in [0.717, 1.165) is 32.8 Å². The first kappa shape index (κ1) is 20.4. The lowest BCUT2D eigenvalue weighted by Gasteiger charge is -2.06. The van der Waals surface area contributed by atoms with Gasteiger partial charge in [-0.05, 0) is 55.0 Å². The molecule has 0 fully saturated rings. The van der Waals surface area contributed by atoms with Gasteiger partial charge in [0.1, 0.15) is 0 Å². The highest BCUT2D eigenvalue weighted by molar-refractivity contribution is 7.98. The molecule has 0 aliphatic heterocycles. The van der Waals surface area contributed by atoms with Crippen molar-refractivity contribution in [1.82, 2.24) is 4.98 Å². The molecule has 2 aromatic carbocycles. The largest absolute Gasteiger partial charge is 0.326 e. The zero-order chi connectivity index (χ0) is 19.9. The maximum absolute atomic E-state index is 12.3. The number of thioether (sulfide) groups is 1. The summed E-state index contributed by atoms with van der Waals surface area (Å²) in [6.45, 7) is 1.97. The molecular formula is C21H23N3O2S2. The van der Waals surface area contributed by atoms with Crippen molar-refractivity contribution in [2.75, 3.05) is 16.9 Å². The van der Waals surface area contributed by atoms with Crippen LogP contribution in [0.3, 0.4) is 0 Å². The number of hydrogen-bond acceptors (Lipinski definition) is 5. The van der Waals surface area contributed by atoms with Crippen molar-refractivity contribution >= 4 is 55.9 Å². The van der Waals surface area contributed by atoms with Crippen LogP contribution in [-0.2, 0) is 16.0 Å². The van der Waals surface area contributed by atoms with E-state index in [4.69, 9.17) is 0 Å². The number of thiazole rings is 1. The summed E-state index contributed by atoms with van der Waals surface area (Å²) in [5, 5.41) is 6.42.